The molecule has 2 unspecified atom stereocenters. The molecule has 2 aliphatic rings. The molecule has 2 N–H and O–H groups in total. The van der Waals surface area contributed by atoms with Crippen LogP contribution in [0.1, 0.15) is 30.8 Å². The van der Waals surface area contributed by atoms with Crippen LogP contribution in [0.25, 0.3) is 0 Å². The molecule has 2 heterocycles. The molecular weight excluding hydrogens is 404 g/mol. The standard InChI is InChI=1S/C24H28N6O2.H2/c1-4-30(11-10-25-2)19-7-5-6-17(12-19)20(31)16-27-23-28-21(13-22(32)29(23)3)24-8-9-26-15-18(24)14-24;/h5-13,15,18,25H,4,14,16H2,1-3H3,(H,27,28);1H/b11-10-;. The Bertz CT molecular complexity index is 1170. The first-order chi connectivity index (χ1) is 15.5. The average molecular weight is 435 g/mol. The van der Waals surface area contributed by atoms with Crippen molar-refractivity contribution in [2.75, 3.05) is 30.4 Å². The summed E-state index contributed by atoms with van der Waals surface area (Å²) in [7, 11) is 3.49. The zero-order valence-corrected chi connectivity index (χ0v) is 18.6. The number of ketones is 1. The van der Waals surface area contributed by atoms with E-state index >= 15 is 0 Å². The first-order valence-electron chi connectivity index (χ1n) is 10.8. The average Bonchev–Trinajstić information content (AvgIpc) is 3.56. The number of aliphatic imine (C=N–C) groups is 1. The second-order valence-corrected chi connectivity index (χ2v) is 8.04. The van der Waals surface area contributed by atoms with E-state index in [0.29, 0.717) is 11.5 Å². The van der Waals surface area contributed by atoms with Crippen LogP contribution < -0.4 is 21.1 Å². The van der Waals surface area contributed by atoms with Gasteiger partial charge >= 0.3 is 0 Å². The van der Waals surface area contributed by atoms with E-state index in [1.807, 2.05) is 61.8 Å². The Hall–Kier alpha value is -3.68. The number of rotatable bonds is 9. The van der Waals surface area contributed by atoms with Crippen LogP contribution in [0.5, 0.6) is 0 Å². The molecule has 2 aromatic rings. The minimum Gasteiger partial charge on any atom is -0.393 e. The summed E-state index contributed by atoms with van der Waals surface area (Å²) in [5.74, 6) is 0.593. The van der Waals surface area contributed by atoms with Crippen LogP contribution in [-0.4, -0.2) is 41.7 Å². The maximum absolute atomic E-state index is 12.9. The molecule has 0 amide bonds. The number of anilines is 2. The monoisotopic (exact) mass is 434 g/mol. The van der Waals surface area contributed by atoms with Gasteiger partial charge in [-0.1, -0.05) is 18.2 Å². The van der Waals surface area contributed by atoms with Gasteiger partial charge in [0.05, 0.1) is 12.2 Å². The number of allylic oxidation sites excluding steroid dienone is 1. The molecule has 0 radical (unpaired) electrons. The first-order valence-corrected chi connectivity index (χ1v) is 10.8. The number of Topliss-reactive ketones (excluding diaryl/α,β-unsaturated/α-hetero) is 1. The summed E-state index contributed by atoms with van der Waals surface area (Å²) < 4.78 is 1.43. The molecular formula is C24H30N6O2. The van der Waals surface area contributed by atoms with E-state index in [2.05, 4.69) is 15.6 Å². The highest BCUT2D eigenvalue weighted by Gasteiger charge is 2.55. The van der Waals surface area contributed by atoms with Crippen molar-refractivity contribution in [2.45, 2.75) is 18.8 Å². The molecule has 168 valence electrons. The van der Waals surface area contributed by atoms with Gasteiger partial charge in [-0.25, -0.2) is 4.98 Å². The number of nitrogens with one attached hydrogen (secondary N) is 2. The molecule has 4 rings (SSSR count). The molecule has 0 bridgehead atoms. The zero-order valence-electron chi connectivity index (χ0n) is 18.6. The van der Waals surface area contributed by atoms with Gasteiger partial charge in [0.25, 0.3) is 5.56 Å². The van der Waals surface area contributed by atoms with Crippen LogP contribution in [0.3, 0.4) is 0 Å². The van der Waals surface area contributed by atoms with E-state index < -0.39 is 0 Å². The number of hydrogen-bond acceptors (Lipinski definition) is 7. The van der Waals surface area contributed by atoms with Crippen LogP contribution in [0.2, 0.25) is 0 Å². The number of benzene rings is 1. The second kappa shape index (κ2) is 8.82. The smallest absolute Gasteiger partial charge is 0.254 e. The Morgan fingerprint density at radius 1 is 1.41 bits per heavy atom. The van der Waals surface area contributed by atoms with Gasteiger partial charge in [0.2, 0.25) is 5.95 Å². The fourth-order valence-corrected chi connectivity index (χ4v) is 3.99. The largest absolute Gasteiger partial charge is 0.393 e. The first kappa shape index (κ1) is 21.5. The van der Waals surface area contributed by atoms with Gasteiger partial charge < -0.3 is 15.5 Å². The van der Waals surface area contributed by atoms with Gasteiger partial charge in [-0.2, -0.15) is 0 Å². The van der Waals surface area contributed by atoms with E-state index in [-0.39, 0.29) is 30.6 Å². The maximum Gasteiger partial charge on any atom is 0.254 e. The number of nitrogens with zero attached hydrogens (tertiary/aromatic N) is 4. The number of aromatic nitrogens is 2. The van der Waals surface area contributed by atoms with Crippen molar-refractivity contribution < 1.29 is 6.22 Å². The molecule has 0 spiro atoms. The predicted octanol–water partition coefficient (Wildman–Crippen LogP) is 2.69. The Balaban J connectivity index is 0.00000306. The highest BCUT2D eigenvalue weighted by atomic mass is 16.1. The van der Waals surface area contributed by atoms with Crippen LogP contribution in [-0.2, 0) is 12.5 Å². The summed E-state index contributed by atoms with van der Waals surface area (Å²) in [4.78, 5) is 36.3. The van der Waals surface area contributed by atoms with Gasteiger partial charge in [-0.3, -0.25) is 19.1 Å². The molecule has 1 fully saturated rings. The minimum absolute atomic E-state index is 0. The summed E-state index contributed by atoms with van der Waals surface area (Å²) in [6.45, 7) is 2.86. The molecule has 8 heteroatoms. The fraction of sp³-hybridized carbons (Fsp3) is 0.333. The lowest BCUT2D eigenvalue weighted by atomic mass is 9.98. The highest BCUT2D eigenvalue weighted by molar-refractivity contribution is 5.99. The van der Waals surface area contributed by atoms with Crippen LogP contribution in [0, 0.1) is 5.92 Å². The fourth-order valence-electron chi connectivity index (χ4n) is 3.99. The molecule has 1 aromatic heterocycles. The third-order valence-corrected chi connectivity index (χ3v) is 6.06. The Kier molecular flexibility index (Phi) is 5.94. The van der Waals surface area contributed by atoms with Gasteiger partial charge in [0.1, 0.15) is 0 Å². The lowest BCUT2D eigenvalue weighted by molar-refractivity contribution is 0.101. The zero-order chi connectivity index (χ0) is 22.7. The number of hydrogen-bond donors (Lipinski definition) is 2. The quantitative estimate of drug-likeness (QED) is 0.590. The number of carbonyl (C=O) groups is 1. The second-order valence-electron chi connectivity index (χ2n) is 8.04. The molecule has 2 atom stereocenters. The predicted molar refractivity (Wildman–Crippen MR) is 129 cm³/mol. The topological polar surface area (TPSA) is 91.6 Å². The van der Waals surface area contributed by atoms with E-state index in [0.717, 1.165) is 24.3 Å². The van der Waals surface area contributed by atoms with Gasteiger partial charge in [-0.15, -0.1) is 0 Å². The molecule has 1 saturated carbocycles. The summed E-state index contributed by atoms with van der Waals surface area (Å²) in [6.07, 6.45) is 10.4. The molecule has 1 aromatic carbocycles. The molecule has 0 saturated heterocycles. The van der Waals surface area contributed by atoms with Gasteiger partial charge in [-0.05, 0) is 25.5 Å². The van der Waals surface area contributed by atoms with Crippen LogP contribution in [0.15, 0.2) is 64.8 Å². The minimum atomic E-state index is -0.242. The maximum atomic E-state index is 12.9. The van der Waals surface area contributed by atoms with Crippen molar-refractivity contribution in [3.8, 4) is 0 Å². The van der Waals surface area contributed by atoms with Crippen LogP contribution in [0.4, 0.5) is 11.6 Å². The summed E-state index contributed by atoms with van der Waals surface area (Å²) >= 11 is 0. The van der Waals surface area contributed by atoms with Crippen molar-refractivity contribution in [1.82, 2.24) is 14.9 Å². The molecule has 1 aliphatic heterocycles. The number of fused-ring (bicyclic) bond motifs is 1. The number of carbonyl (C=O) groups excluding carboxylic acids is 1. The lowest BCUT2D eigenvalue weighted by Gasteiger charge is -2.19. The lowest BCUT2D eigenvalue weighted by Crippen LogP contribution is -2.27. The molecule has 8 nitrogen and oxygen atoms in total. The summed E-state index contributed by atoms with van der Waals surface area (Å²) in [6, 6.07) is 9.09. The Morgan fingerprint density at radius 2 is 2.25 bits per heavy atom. The third kappa shape index (κ3) is 4.08. The van der Waals surface area contributed by atoms with Crippen molar-refractivity contribution in [3.63, 3.8) is 0 Å². The SMILES string of the molecule is CCN(/C=C\NC)c1cccc(C(=O)CNc2nc(C34C=CN=CC3C4)cc(=O)n2C)c1.[HH]. The third-order valence-electron chi connectivity index (χ3n) is 6.06. The van der Waals surface area contributed by atoms with E-state index in [1.165, 1.54) is 4.57 Å². The van der Waals surface area contributed by atoms with Crippen molar-refractivity contribution in [3.05, 3.63) is 76.6 Å². The van der Waals surface area contributed by atoms with Crippen molar-refractivity contribution >= 4 is 23.6 Å². The van der Waals surface area contributed by atoms with E-state index in [9.17, 15) is 9.59 Å². The van der Waals surface area contributed by atoms with Gasteiger partial charge in [0.15, 0.2) is 5.78 Å². The van der Waals surface area contributed by atoms with Crippen molar-refractivity contribution in [2.24, 2.45) is 18.0 Å². The summed E-state index contributed by atoms with van der Waals surface area (Å²) in [5, 5.41) is 6.05. The molecule has 1 aliphatic carbocycles. The van der Waals surface area contributed by atoms with E-state index in [4.69, 9.17) is 4.98 Å². The normalized spacial score (nSPS) is 20.8. The molecule has 32 heavy (non-hydrogen) atoms. The van der Waals surface area contributed by atoms with E-state index in [1.54, 1.807) is 25.4 Å². The Morgan fingerprint density at radius 3 is 3.00 bits per heavy atom. The Labute approximate surface area is 188 Å². The van der Waals surface area contributed by atoms with Crippen LogP contribution >= 0.6 is 0 Å². The summed E-state index contributed by atoms with van der Waals surface area (Å²) in [5.41, 5.74) is 1.85. The highest BCUT2D eigenvalue weighted by Crippen LogP contribution is 2.55. The van der Waals surface area contributed by atoms with Crippen molar-refractivity contribution in [1.29, 1.82) is 0 Å². The van der Waals surface area contributed by atoms with Gasteiger partial charge in [0, 0.05) is 75.5 Å².